The molecule has 1 aliphatic heterocycles. The fourth-order valence-electron chi connectivity index (χ4n) is 11.8. The molecule has 3 atom stereocenters. The van der Waals surface area contributed by atoms with Gasteiger partial charge in [0.15, 0.2) is 0 Å². The number of benzene rings is 8. The van der Waals surface area contributed by atoms with E-state index in [9.17, 15) is 0 Å². The zero-order valence-corrected chi connectivity index (χ0v) is 37.7. The van der Waals surface area contributed by atoms with Gasteiger partial charge in [-0.2, -0.15) is 0 Å². The zero-order chi connectivity index (χ0) is 44.7. The third kappa shape index (κ3) is 6.37. The Bertz CT molecular complexity index is 3840. The van der Waals surface area contributed by atoms with E-state index in [1.165, 1.54) is 99.1 Å². The van der Waals surface area contributed by atoms with E-state index in [0.717, 1.165) is 49.1 Å². The van der Waals surface area contributed by atoms with Gasteiger partial charge in [-0.25, -0.2) is 4.99 Å². The summed E-state index contributed by atoms with van der Waals surface area (Å²) in [7, 11) is 0. The third-order valence-corrected chi connectivity index (χ3v) is 15.0. The maximum atomic E-state index is 5.58. The fraction of sp³-hybridized carbons (Fsp3) is 0.127. The molecule has 0 radical (unpaired) electrons. The Balaban J connectivity index is 0.938. The first-order valence-corrected chi connectivity index (χ1v) is 24.3. The van der Waals surface area contributed by atoms with Crippen LogP contribution in [-0.2, 0) is 12.8 Å². The molecule has 14 rings (SSSR count). The Hall–Kier alpha value is -7.99. The summed E-state index contributed by atoms with van der Waals surface area (Å²) in [4.78, 5) is 5.58. The van der Waals surface area contributed by atoms with Gasteiger partial charge in [0.1, 0.15) is 18.2 Å². The normalized spacial score (nSPS) is 18.8. The van der Waals surface area contributed by atoms with Gasteiger partial charge in [0.05, 0.1) is 16.7 Å². The summed E-state index contributed by atoms with van der Waals surface area (Å²) in [6, 6.07) is 60.6. The van der Waals surface area contributed by atoms with Crippen molar-refractivity contribution in [3.8, 4) is 11.4 Å². The summed E-state index contributed by atoms with van der Waals surface area (Å²) in [5.74, 6) is 1.20. The van der Waals surface area contributed by atoms with Crippen molar-refractivity contribution >= 4 is 72.1 Å². The lowest BCUT2D eigenvalue weighted by atomic mass is 9.86. The number of hydrogen-bond acceptors (Lipinski definition) is 3. The molecular formula is C63H49N5. The molecule has 0 bridgehead atoms. The van der Waals surface area contributed by atoms with Crippen molar-refractivity contribution in [2.45, 2.75) is 50.4 Å². The van der Waals surface area contributed by atoms with Gasteiger partial charge in [0, 0.05) is 50.5 Å². The number of aliphatic imine (C=N–C) groups is 1. The lowest BCUT2D eigenvalue weighted by Crippen LogP contribution is -2.52. The van der Waals surface area contributed by atoms with Crippen molar-refractivity contribution in [3.05, 3.63) is 239 Å². The quantitative estimate of drug-likeness (QED) is 0.175. The van der Waals surface area contributed by atoms with E-state index in [-0.39, 0.29) is 12.3 Å². The summed E-state index contributed by atoms with van der Waals surface area (Å²) >= 11 is 0. The van der Waals surface area contributed by atoms with E-state index >= 15 is 0 Å². The van der Waals surface area contributed by atoms with Crippen molar-refractivity contribution in [1.29, 1.82) is 0 Å². The fourth-order valence-corrected chi connectivity index (χ4v) is 11.8. The first-order valence-electron chi connectivity index (χ1n) is 24.3. The van der Waals surface area contributed by atoms with Crippen LogP contribution in [0.25, 0.3) is 77.7 Å². The maximum absolute atomic E-state index is 5.58. The van der Waals surface area contributed by atoms with Gasteiger partial charge >= 0.3 is 0 Å². The highest BCUT2D eigenvalue weighted by molar-refractivity contribution is 6.11. The predicted octanol–water partition coefficient (Wildman–Crippen LogP) is 14.6. The molecule has 4 aliphatic rings. The smallest absolute Gasteiger partial charge is 0.131 e. The minimum Gasteiger partial charge on any atom is -0.351 e. The molecule has 3 heterocycles. The summed E-state index contributed by atoms with van der Waals surface area (Å²) in [6.45, 7) is 0. The first-order chi connectivity index (χ1) is 33.7. The van der Waals surface area contributed by atoms with Gasteiger partial charge in [0.25, 0.3) is 0 Å². The second-order valence-electron chi connectivity index (χ2n) is 19.0. The molecular weight excluding hydrogens is 827 g/mol. The number of hydrogen-bond donors (Lipinski definition) is 2. The minimum absolute atomic E-state index is 0.128. The lowest BCUT2D eigenvalue weighted by Gasteiger charge is -2.36. The summed E-state index contributed by atoms with van der Waals surface area (Å²) in [6.07, 6.45) is 20.8. The summed E-state index contributed by atoms with van der Waals surface area (Å²) < 4.78 is 5.09. The van der Waals surface area contributed by atoms with Crippen LogP contribution in [0.1, 0.15) is 70.6 Å². The summed E-state index contributed by atoms with van der Waals surface area (Å²) in [5, 5.41) is 18.1. The number of rotatable bonds is 6. The Labute approximate surface area is 395 Å². The minimum atomic E-state index is -0.332. The van der Waals surface area contributed by atoms with E-state index in [4.69, 9.17) is 4.99 Å². The predicted molar refractivity (Wildman–Crippen MR) is 284 cm³/mol. The van der Waals surface area contributed by atoms with Crippen LogP contribution in [0.3, 0.4) is 0 Å². The molecule has 0 amide bonds. The molecule has 5 heteroatoms. The Morgan fingerprint density at radius 1 is 0.588 bits per heavy atom. The number of aromatic nitrogens is 2. The number of nitrogens with zero attached hydrogens (tertiary/aromatic N) is 3. The number of nitrogens with one attached hydrogen (secondary N) is 2. The van der Waals surface area contributed by atoms with Gasteiger partial charge in [-0.15, -0.1) is 0 Å². The molecule has 0 fully saturated rings. The van der Waals surface area contributed by atoms with E-state index in [2.05, 4.69) is 226 Å². The van der Waals surface area contributed by atoms with Gasteiger partial charge in [0.2, 0.25) is 0 Å². The van der Waals surface area contributed by atoms with Gasteiger partial charge in [-0.3, -0.25) is 5.32 Å². The topological polar surface area (TPSA) is 46.3 Å². The van der Waals surface area contributed by atoms with Crippen molar-refractivity contribution in [3.63, 3.8) is 0 Å². The van der Waals surface area contributed by atoms with Crippen LogP contribution in [0, 0.1) is 0 Å². The molecule has 3 unspecified atom stereocenters. The Morgan fingerprint density at radius 2 is 1.34 bits per heavy atom. The number of amidine groups is 1. The molecule has 8 aromatic carbocycles. The lowest BCUT2D eigenvalue weighted by molar-refractivity contribution is 0.425. The van der Waals surface area contributed by atoms with Crippen LogP contribution < -0.4 is 10.6 Å². The number of fused-ring (bicyclic) bond motifs is 10. The average molecular weight is 876 g/mol. The van der Waals surface area contributed by atoms with E-state index < -0.39 is 0 Å². The molecule has 326 valence electrons. The number of aryl methyl sites for hydroxylation is 1. The largest absolute Gasteiger partial charge is 0.351 e. The van der Waals surface area contributed by atoms with Crippen LogP contribution in [0.4, 0.5) is 0 Å². The molecule has 0 spiro atoms. The molecule has 5 nitrogen and oxygen atoms in total. The number of allylic oxidation sites excluding steroid dienone is 5. The highest BCUT2D eigenvalue weighted by Gasteiger charge is 2.32. The molecule has 10 aromatic rings. The van der Waals surface area contributed by atoms with Crippen molar-refractivity contribution in [2.75, 3.05) is 0 Å². The molecule has 0 saturated heterocycles. The summed E-state index contributed by atoms with van der Waals surface area (Å²) in [5.41, 5.74) is 15.2. The zero-order valence-electron chi connectivity index (χ0n) is 37.7. The van der Waals surface area contributed by atoms with E-state index in [1.807, 2.05) is 0 Å². The second-order valence-corrected chi connectivity index (χ2v) is 19.0. The van der Waals surface area contributed by atoms with Gasteiger partial charge in [-0.05, 0) is 130 Å². The second kappa shape index (κ2) is 15.8. The average Bonchev–Trinajstić information content (AvgIpc) is 3.92. The van der Waals surface area contributed by atoms with Gasteiger partial charge < -0.3 is 14.5 Å². The SMILES string of the molecule is C1=CC(c2ccccc2)CC(C2NC(c3ccccc3)=NC(c3cc4ccccc4cc3-n3c4c(c5cc6cc(-n7c8c(c9c%10ccccc%10ccc97)CCC=C8)ccc6cc53)C=CCC4)N2)=C1. The standard InChI is InChI=1S/C63H49N5/c1-3-16-40(17-4-1)43-23-15-24-47(34-43)62-64-61(42-19-5-2-6-20-42)65-63(66-62)54-36-44-21-7-8-22-45(44)38-59(54)68-55-28-13-11-26-51(55)53-37-48-35-49(32-30-46(48)39-58(53)68)67-56-29-14-12-27-52(56)60-50-25-10-9-18-41(50)31-33-57(60)67/h1-11,14-26,29-33,35-39,43,62-63,66H,12-13,27-28,34H2,(H,64,65). The maximum Gasteiger partial charge on any atom is 0.131 e. The van der Waals surface area contributed by atoms with Crippen LogP contribution in [0.15, 0.2) is 205 Å². The molecule has 2 N–H and O–H groups in total. The first kappa shape index (κ1) is 39.2. The Kier molecular flexibility index (Phi) is 9.12. The van der Waals surface area contributed by atoms with E-state index in [0.29, 0.717) is 5.92 Å². The molecule has 3 aliphatic carbocycles. The van der Waals surface area contributed by atoms with Crippen LogP contribution in [0.2, 0.25) is 0 Å². The molecule has 68 heavy (non-hydrogen) atoms. The van der Waals surface area contributed by atoms with Crippen LogP contribution >= 0.6 is 0 Å². The highest BCUT2D eigenvalue weighted by Crippen LogP contribution is 2.43. The molecule has 0 saturated carbocycles. The van der Waals surface area contributed by atoms with Crippen molar-refractivity contribution in [1.82, 2.24) is 19.8 Å². The molecule has 2 aromatic heterocycles. The monoisotopic (exact) mass is 875 g/mol. The van der Waals surface area contributed by atoms with Crippen molar-refractivity contribution < 1.29 is 0 Å². The third-order valence-electron chi connectivity index (χ3n) is 15.0. The Morgan fingerprint density at radius 3 is 2.22 bits per heavy atom. The van der Waals surface area contributed by atoms with Crippen LogP contribution in [-0.4, -0.2) is 21.1 Å². The highest BCUT2D eigenvalue weighted by atomic mass is 15.3. The van der Waals surface area contributed by atoms with Crippen LogP contribution in [0.5, 0.6) is 0 Å². The van der Waals surface area contributed by atoms with Crippen molar-refractivity contribution in [2.24, 2.45) is 4.99 Å². The van der Waals surface area contributed by atoms with E-state index in [1.54, 1.807) is 0 Å². The van der Waals surface area contributed by atoms with Gasteiger partial charge in [-0.1, -0.05) is 158 Å².